The minimum Gasteiger partial charge on any atom is -0.462 e. The summed E-state index contributed by atoms with van der Waals surface area (Å²) >= 11 is 0. The molecular formula is C52H95O10P. The van der Waals surface area contributed by atoms with Gasteiger partial charge in [-0.05, 0) is 51.4 Å². The fraction of sp³-hybridized carbons (Fsp3) is 0.808. The van der Waals surface area contributed by atoms with E-state index in [1.165, 1.54) is 141 Å². The fourth-order valence-electron chi connectivity index (χ4n) is 7.05. The van der Waals surface area contributed by atoms with Crippen molar-refractivity contribution in [3.63, 3.8) is 0 Å². The Balaban J connectivity index is 4.21. The van der Waals surface area contributed by atoms with Crippen LogP contribution in [0.1, 0.15) is 232 Å². The van der Waals surface area contributed by atoms with Crippen molar-refractivity contribution in [2.45, 2.75) is 244 Å². The van der Waals surface area contributed by atoms with Gasteiger partial charge in [-0.15, -0.1) is 0 Å². The number of ether oxygens (including phenoxy) is 2. The van der Waals surface area contributed by atoms with Crippen LogP contribution >= 0.6 is 7.82 Å². The van der Waals surface area contributed by atoms with Crippen molar-refractivity contribution in [2.75, 3.05) is 26.4 Å². The molecule has 1 unspecified atom stereocenters. The number of carbonyl (C=O) groups excluding carboxylic acids is 2. The van der Waals surface area contributed by atoms with Gasteiger partial charge in [0.05, 0.1) is 19.8 Å². The Labute approximate surface area is 385 Å². The molecule has 0 bridgehead atoms. The lowest BCUT2D eigenvalue weighted by molar-refractivity contribution is -0.161. The average Bonchev–Trinajstić information content (AvgIpc) is 3.27. The Bertz CT molecular complexity index is 1190. The SMILES string of the molecule is CCCCC/C=C/C/C=C/C/C=C/C/C=C/CCCC(=O)OC[C@H](COP(=O)(O)OC[C@@H](O)CO)OC(=O)CCCCCCCCCCCCCCCCCCCCCCCCC. The first-order chi connectivity index (χ1) is 30.7. The van der Waals surface area contributed by atoms with Gasteiger partial charge in [-0.3, -0.25) is 18.6 Å². The maximum absolute atomic E-state index is 12.7. The number of phosphoric ester groups is 1. The summed E-state index contributed by atoms with van der Waals surface area (Å²) < 4.78 is 32.8. The number of phosphoric acid groups is 1. The highest BCUT2D eigenvalue weighted by molar-refractivity contribution is 7.47. The van der Waals surface area contributed by atoms with Gasteiger partial charge >= 0.3 is 19.8 Å². The lowest BCUT2D eigenvalue weighted by Gasteiger charge is -2.20. The van der Waals surface area contributed by atoms with E-state index in [1.54, 1.807) is 0 Å². The molecule has 0 aliphatic carbocycles. The summed E-state index contributed by atoms with van der Waals surface area (Å²) in [5, 5.41) is 18.4. The molecule has 0 aliphatic heterocycles. The number of esters is 2. The van der Waals surface area contributed by atoms with Crippen molar-refractivity contribution in [2.24, 2.45) is 0 Å². The molecule has 63 heavy (non-hydrogen) atoms. The van der Waals surface area contributed by atoms with E-state index in [-0.39, 0.29) is 19.4 Å². The third kappa shape index (κ3) is 47.7. The molecule has 0 saturated heterocycles. The summed E-state index contributed by atoms with van der Waals surface area (Å²) in [6.45, 7) is 2.33. The molecule has 368 valence electrons. The first kappa shape index (κ1) is 60.9. The molecule has 0 amide bonds. The average molecular weight is 911 g/mol. The van der Waals surface area contributed by atoms with Crippen LogP contribution in [0, 0.1) is 0 Å². The van der Waals surface area contributed by atoms with Gasteiger partial charge in [0, 0.05) is 12.8 Å². The number of hydrogen-bond donors (Lipinski definition) is 3. The number of aliphatic hydroxyl groups excluding tert-OH is 2. The van der Waals surface area contributed by atoms with Gasteiger partial charge in [-0.25, -0.2) is 4.57 Å². The summed E-state index contributed by atoms with van der Waals surface area (Å²) in [6.07, 6.45) is 53.8. The summed E-state index contributed by atoms with van der Waals surface area (Å²) in [5.74, 6) is -0.982. The second-order valence-electron chi connectivity index (χ2n) is 17.2. The van der Waals surface area contributed by atoms with E-state index in [9.17, 15) is 24.2 Å². The van der Waals surface area contributed by atoms with E-state index < -0.39 is 51.8 Å². The molecule has 0 heterocycles. The van der Waals surface area contributed by atoms with Gasteiger partial charge < -0.3 is 24.6 Å². The van der Waals surface area contributed by atoms with E-state index in [0.29, 0.717) is 19.3 Å². The highest BCUT2D eigenvalue weighted by atomic mass is 31.2. The Morgan fingerprint density at radius 1 is 0.476 bits per heavy atom. The van der Waals surface area contributed by atoms with E-state index in [1.807, 2.05) is 6.08 Å². The van der Waals surface area contributed by atoms with E-state index in [2.05, 4.69) is 56.4 Å². The standard InChI is InChI=1S/C52H95O10P/c1-3-5-7-9-11-13-15-17-19-21-22-23-24-25-26-28-30-32-34-36-38-40-42-44-52(56)62-50(48-61-63(57,58)60-46-49(54)45-53)47-59-51(55)43-41-39-37-35-33-31-29-27-20-18-16-14-12-10-8-6-4-2/h12,14,18,20,29,31,35,37,49-50,53-54H,3-11,13,15-17,19,21-28,30,32-34,36,38-48H2,1-2H3,(H,57,58)/b14-12+,20-18+,31-29+,37-35+/t49-,50+/m0/s1. The minimum atomic E-state index is -4.63. The van der Waals surface area contributed by atoms with Crippen LogP contribution < -0.4 is 0 Å². The van der Waals surface area contributed by atoms with Gasteiger partial charge in [0.2, 0.25) is 0 Å². The second-order valence-corrected chi connectivity index (χ2v) is 18.7. The molecule has 0 fully saturated rings. The Hall–Kier alpha value is -2.07. The first-order valence-corrected chi connectivity index (χ1v) is 27.1. The van der Waals surface area contributed by atoms with Crippen LogP contribution in [0.3, 0.4) is 0 Å². The number of aliphatic hydroxyl groups is 2. The zero-order valence-corrected chi connectivity index (χ0v) is 41.2. The van der Waals surface area contributed by atoms with Crippen molar-refractivity contribution >= 4 is 19.8 Å². The normalized spacial score (nSPS) is 14.0. The number of allylic oxidation sites excluding steroid dienone is 8. The molecule has 3 N–H and O–H groups in total. The molecule has 0 aliphatic rings. The van der Waals surface area contributed by atoms with E-state index in [4.69, 9.17) is 23.6 Å². The van der Waals surface area contributed by atoms with Crippen LogP contribution in [-0.2, 0) is 32.7 Å². The van der Waals surface area contributed by atoms with Crippen molar-refractivity contribution in [1.82, 2.24) is 0 Å². The molecular weight excluding hydrogens is 816 g/mol. The fourth-order valence-corrected chi connectivity index (χ4v) is 7.84. The summed E-state index contributed by atoms with van der Waals surface area (Å²) in [5.41, 5.74) is 0. The van der Waals surface area contributed by atoms with Gasteiger partial charge in [0.25, 0.3) is 0 Å². The number of rotatable bonds is 48. The predicted molar refractivity (Wildman–Crippen MR) is 261 cm³/mol. The summed E-state index contributed by atoms with van der Waals surface area (Å²) in [4.78, 5) is 35.1. The van der Waals surface area contributed by atoms with E-state index >= 15 is 0 Å². The molecule has 10 nitrogen and oxygen atoms in total. The van der Waals surface area contributed by atoms with Crippen LogP contribution in [0.15, 0.2) is 48.6 Å². The molecule has 0 radical (unpaired) electrons. The molecule has 0 saturated carbocycles. The summed E-state index contributed by atoms with van der Waals surface area (Å²) in [6, 6.07) is 0. The van der Waals surface area contributed by atoms with Gasteiger partial charge in [-0.2, -0.15) is 0 Å². The highest BCUT2D eigenvalue weighted by Crippen LogP contribution is 2.43. The number of carbonyl (C=O) groups is 2. The van der Waals surface area contributed by atoms with E-state index in [0.717, 1.165) is 44.9 Å². The lowest BCUT2D eigenvalue weighted by atomic mass is 10.0. The molecule has 0 spiro atoms. The molecule has 11 heteroatoms. The van der Waals surface area contributed by atoms with Crippen LogP contribution in [0.4, 0.5) is 0 Å². The van der Waals surface area contributed by atoms with Crippen LogP contribution in [0.2, 0.25) is 0 Å². The van der Waals surface area contributed by atoms with Gasteiger partial charge in [0.15, 0.2) is 6.10 Å². The lowest BCUT2D eigenvalue weighted by Crippen LogP contribution is -2.29. The monoisotopic (exact) mass is 911 g/mol. The quantitative estimate of drug-likeness (QED) is 0.0233. The van der Waals surface area contributed by atoms with Gasteiger partial charge in [0.1, 0.15) is 12.7 Å². The largest absolute Gasteiger partial charge is 0.472 e. The van der Waals surface area contributed by atoms with Crippen molar-refractivity contribution in [3.05, 3.63) is 48.6 Å². The third-order valence-electron chi connectivity index (χ3n) is 11.0. The molecule has 0 aromatic rings. The van der Waals surface area contributed by atoms with Crippen LogP contribution in [0.25, 0.3) is 0 Å². The maximum atomic E-state index is 12.7. The third-order valence-corrected chi connectivity index (χ3v) is 11.9. The van der Waals surface area contributed by atoms with Gasteiger partial charge in [-0.1, -0.05) is 217 Å². The molecule has 0 rings (SSSR count). The van der Waals surface area contributed by atoms with Crippen molar-refractivity contribution < 1.29 is 47.8 Å². The van der Waals surface area contributed by atoms with Crippen LogP contribution in [-0.4, -0.2) is 65.7 Å². The number of unbranched alkanes of at least 4 members (excludes halogenated alkanes) is 26. The smallest absolute Gasteiger partial charge is 0.462 e. The second kappa shape index (κ2) is 47.9. The minimum absolute atomic E-state index is 0.166. The zero-order valence-electron chi connectivity index (χ0n) is 40.3. The van der Waals surface area contributed by atoms with Crippen LogP contribution in [0.5, 0.6) is 0 Å². The Morgan fingerprint density at radius 3 is 1.29 bits per heavy atom. The first-order valence-electron chi connectivity index (χ1n) is 25.6. The topological polar surface area (TPSA) is 149 Å². The van der Waals surface area contributed by atoms with Crippen molar-refractivity contribution in [3.8, 4) is 0 Å². The molecule has 0 aromatic heterocycles. The Morgan fingerprint density at radius 2 is 0.841 bits per heavy atom. The Kier molecular flexibility index (Phi) is 46.3. The summed E-state index contributed by atoms with van der Waals surface area (Å²) in [7, 11) is -4.63. The predicted octanol–water partition coefficient (Wildman–Crippen LogP) is 14.5. The molecule has 0 aromatic carbocycles. The number of hydrogen-bond acceptors (Lipinski definition) is 9. The highest BCUT2D eigenvalue weighted by Gasteiger charge is 2.27. The van der Waals surface area contributed by atoms with Crippen molar-refractivity contribution in [1.29, 1.82) is 0 Å². The zero-order chi connectivity index (χ0) is 46.2. The maximum Gasteiger partial charge on any atom is 0.472 e. The molecule has 3 atom stereocenters.